The molecule has 0 saturated heterocycles. The molecule has 2 aromatic carbocycles. The van der Waals surface area contributed by atoms with E-state index in [0.717, 1.165) is 11.1 Å². The number of hydrogen-bond acceptors (Lipinski definition) is 5. The highest BCUT2D eigenvalue weighted by atomic mass is 35.5. The molecule has 0 unspecified atom stereocenters. The van der Waals surface area contributed by atoms with E-state index in [1.165, 1.54) is 7.11 Å². The fourth-order valence-corrected chi connectivity index (χ4v) is 3.35. The van der Waals surface area contributed by atoms with Gasteiger partial charge >= 0.3 is 5.97 Å². The number of methoxy groups -OCH3 is 1. The quantitative estimate of drug-likeness (QED) is 0.648. The number of phenols is 1. The van der Waals surface area contributed by atoms with E-state index >= 15 is 0 Å². The van der Waals surface area contributed by atoms with Crippen LogP contribution in [0.25, 0.3) is 22.2 Å². The van der Waals surface area contributed by atoms with Crippen LogP contribution in [0.15, 0.2) is 24.3 Å². The van der Waals surface area contributed by atoms with E-state index < -0.39 is 0 Å². The Bertz CT molecular complexity index is 1010. The molecule has 0 spiro atoms. The lowest BCUT2D eigenvalue weighted by atomic mass is 9.82. The third kappa shape index (κ3) is 3.76. The van der Waals surface area contributed by atoms with Crippen LogP contribution in [-0.2, 0) is 21.4 Å². The van der Waals surface area contributed by atoms with Crippen LogP contribution in [0.1, 0.15) is 38.3 Å². The van der Waals surface area contributed by atoms with Crippen molar-refractivity contribution in [2.75, 3.05) is 7.11 Å². The number of hydrogen-bond donors (Lipinski definition) is 2. The zero-order chi connectivity index (χ0) is 19.8. The monoisotopic (exact) mass is 387 g/mol. The second-order valence-corrected chi connectivity index (χ2v) is 7.89. The number of ether oxygens (including phenoxy) is 1. The van der Waals surface area contributed by atoms with Crippen molar-refractivity contribution in [3.8, 4) is 16.9 Å². The minimum Gasteiger partial charge on any atom is -0.507 e. The molecule has 2 N–H and O–H groups in total. The van der Waals surface area contributed by atoms with Gasteiger partial charge in [0.15, 0.2) is 0 Å². The third-order valence-electron chi connectivity index (χ3n) is 4.53. The van der Waals surface area contributed by atoms with Crippen molar-refractivity contribution in [2.24, 2.45) is 0 Å². The van der Waals surface area contributed by atoms with Gasteiger partial charge in [-0.3, -0.25) is 4.79 Å². The number of benzene rings is 2. The summed E-state index contributed by atoms with van der Waals surface area (Å²) in [6.07, 6.45) is 0.752. The Kier molecular flexibility index (Phi) is 5.11. The van der Waals surface area contributed by atoms with Crippen LogP contribution in [0.3, 0.4) is 0 Å². The number of nitrogens with zero attached hydrogens (tertiary/aromatic N) is 2. The number of nitrogens with one attached hydrogen (secondary N) is 1. The molecule has 0 amide bonds. The van der Waals surface area contributed by atoms with E-state index in [-0.39, 0.29) is 23.6 Å². The standard InChI is InChI=1S/C20H22ClN3O3/c1-20(2,3)13-10-11(5-8-16(25)27-4)9-12(19(13)26)17-14(21)6-7-15-18(17)23-24-22-15/h6-7,9-10,26H,5,8H2,1-4H3,(H,22,23,24). The number of aromatic nitrogens is 3. The molecule has 3 rings (SSSR count). The molecule has 0 fully saturated rings. The van der Waals surface area contributed by atoms with Crippen LogP contribution in [0, 0.1) is 0 Å². The predicted octanol–water partition coefficient (Wildman–Crippen LogP) is 4.39. The van der Waals surface area contributed by atoms with E-state index in [9.17, 15) is 9.90 Å². The first-order chi connectivity index (χ1) is 12.7. The highest BCUT2D eigenvalue weighted by molar-refractivity contribution is 6.35. The Balaban J connectivity index is 2.23. The summed E-state index contributed by atoms with van der Waals surface area (Å²) in [7, 11) is 1.37. The summed E-state index contributed by atoms with van der Waals surface area (Å²) in [6, 6.07) is 7.29. The number of H-pyrrole nitrogens is 1. The summed E-state index contributed by atoms with van der Waals surface area (Å²) in [6.45, 7) is 6.07. The normalized spacial score (nSPS) is 11.7. The van der Waals surface area contributed by atoms with Crippen molar-refractivity contribution in [2.45, 2.75) is 39.0 Å². The minimum atomic E-state index is -0.301. The van der Waals surface area contributed by atoms with Crippen molar-refractivity contribution in [1.82, 2.24) is 15.4 Å². The lowest BCUT2D eigenvalue weighted by molar-refractivity contribution is -0.140. The number of phenolic OH excluding ortho intramolecular Hbond substituents is 1. The summed E-state index contributed by atoms with van der Waals surface area (Å²) < 4.78 is 4.74. The molecule has 0 aliphatic heterocycles. The molecule has 0 saturated carbocycles. The summed E-state index contributed by atoms with van der Waals surface area (Å²) in [5.41, 5.74) is 3.82. The van der Waals surface area contributed by atoms with Crippen LogP contribution in [0.5, 0.6) is 5.75 Å². The maximum atomic E-state index is 11.6. The first-order valence-electron chi connectivity index (χ1n) is 8.65. The van der Waals surface area contributed by atoms with Crippen molar-refractivity contribution in [3.63, 3.8) is 0 Å². The van der Waals surface area contributed by atoms with Crippen molar-refractivity contribution in [1.29, 1.82) is 0 Å². The molecule has 1 aromatic heterocycles. The smallest absolute Gasteiger partial charge is 0.305 e. The van der Waals surface area contributed by atoms with Gasteiger partial charge in [-0.1, -0.05) is 38.4 Å². The molecule has 142 valence electrons. The van der Waals surface area contributed by atoms with E-state index in [4.69, 9.17) is 16.3 Å². The SMILES string of the molecule is COC(=O)CCc1cc(-c2c(Cl)ccc3n[nH]nc23)c(O)c(C(C)(C)C)c1. The molecule has 0 aliphatic rings. The molecule has 0 radical (unpaired) electrons. The molecule has 6 nitrogen and oxygen atoms in total. The lowest BCUT2D eigenvalue weighted by Crippen LogP contribution is -2.13. The lowest BCUT2D eigenvalue weighted by Gasteiger charge is -2.24. The van der Waals surface area contributed by atoms with Crippen LogP contribution in [-0.4, -0.2) is 33.6 Å². The number of halogens is 1. The largest absolute Gasteiger partial charge is 0.507 e. The second kappa shape index (κ2) is 7.19. The van der Waals surface area contributed by atoms with Crippen LogP contribution in [0.2, 0.25) is 5.02 Å². The number of esters is 1. The zero-order valence-corrected chi connectivity index (χ0v) is 16.5. The number of carbonyl (C=O) groups excluding carboxylic acids is 1. The van der Waals surface area contributed by atoms with Crippen molar-refractivity contribution < 1.29 is 14.6 Å². The molecule has 7 heteroatoms. The van der Waals surface area contributed by atoms with Crippen LogP contribution >= 0.6 is 11.6 Å². The van der Waals surface area contributed by atoms with Gasteiger partial charge in [-0.2, -0.15) is 15.4 Å². The second-order valence-electron chi connectivity index (χ2n) is 7.48. The van der Waals surface area contributed by atoms with Gasteiger partial charge in [0.1, 0.15) is 16.8 Å². The zero-order valence-electron chi connectivity index (χ0n) is 15.8. The Morgan fingerprint density at radius 3 is 2.67 bits per heavy atom. The number of carbonyl (C=O) groups is 1. The average Bonchev–Trinajstić information content (AvgIpc) is 3.08. The van der Waals surface area contributed by atoms with Crippen molar-refractivity contribution >= 4 is 28.6 Å². The number of fused-ring (bicyclic) bond motifs is 1. The summed E-state index contributed by atoms with van der Waals surface area (Å²) >= 11 is 6.47. The Hall–Kier alpha value is -2.60. The van der Waals surface area contributed by atoms with Gasteiger partial charge in [0.05, 0.1) is 12.1 Å². The van der Waals surface area contributed by atoms with Crippen LogP contribution in [0.4, 0.5) is 0 Å². The summed E-state index contributed by atoms with van der Waals surface area (Å²) in [5, 5.41) is 22.4. The highest BCUT2D eigenvalue weighted by Crippen LogP contribution is 2.44. The van der Waals surface area contributed by atoms with E-state index in [0.29, 0.717) is 33.6 Å². The van der Waals surface area contributed by atoms with Gasteiger partial charge in [0.25, 0.3) is 0 Å². The fraction of sp³-hybridized carbons (Fsp3) is 0.350. The number of aromatic hydroxyl groups is 1. The topological polar surface area (TPSA) is 88.1 Å². The Labute approximate surface area is 162 Å². The van der Waals surface area contributed by atoms with Gasteiger partial charge in [-0.25, -0.2) is 0 Å². The molecule has 0 bridgehead atoms. The Morgan fingerprint density at radius 2 is 2.00 bits per heavy atom. The molecule has 0 aliphatic carbocycles. The maximum absolute atomic E-state index is 11.6. The van der Waals surface area contributed by atoms with Crippen LogP contribution < -0.4 is 0 Å². The number of aromatic amines is 1. The van der Waals surface area contributed by atoms with E-state index in [1.54, 1.807) is 12.1 Å². The molecule has 0 atom stereocenters. The summed E-state index contributed by atoms with van der Waals surface area (Å²) in [4.78, 5) is 11.6. The predicted molar refractivity (Wildman–Crippen MR) is 105 cm³/mol. The molecule has 27 heavy (non-hydrogen) atoms. The molecular weight excluding hydrogens is 366 g/mol. The van der Waals surface area contributed by atoms with Gasteiger partial charge in [0, 0.05) is 23.1 Å². The van der Waals surface area contributed by atoms with E-state index in [2.05, 4.69) is 15.4 Å². The van der Waals surface area contributed by atoms with Crippen molar-refractivity contribution in [3.05, 3.63) is 40.4 Å². The maximum Gasteiger partial charge on any atom is 0.305 e. The number of aryl methyl sites for hydroxylation is 1. The third-order valence-corrected chi connectivity index (χ3v) is 4.85. The highest BCUT2D eigenvalue weighted by Gasteiger charge is 2.24. The van der Waals surface area contributed by atoms with E-state index in [1.807, 2.05) is 32.9 Å². The molecule has 3 aromatic rings. The van der Waals surface area contributed by atoms with Gasteiger partial charge in [-0.15, -0.1) is 0 Å². The Morgan fingerprint density at radius 1 is 1.26 bits per heavy atom. The fourth-order valence-electron chi connectivity index (χ4n) is 3.09. The molecule has 1 heterocycles. The van der Waals surface area contributed by atoms with Gasteiger partial charge < -0.3 is 9.84 Å². The minimum absolute atomic E-state index is 0.154. The first-order valence-corrected chi connectivity index (χ1v) is 9.02. The van der Waals surface area contributed by atoms with Gasteiger partial charge in [-0.05, 0) is 35.6 Å². The van der Waals surface area contributed by atoms with Gasteiger partial charge in [0.2, 0.25) is 0 Å². The first kappa shape index (κ1) is 19.2. The molecular formula is C20H22ClN3O3. The number of rotatable bonds is 4. The average molecular weight is 388 g/mol. The summed E-state index contributed by atoms with van der Waals surface area (Å²) in [5.74, 6) is -0.125.